The zero-order valence-electron chi connectivity index (χ0n) is 8.90. The molecule has 14 heavy (non-hydrogen) atoms. The normalized spacial score (nSPS) is 12.8. The SMILES string of the molecule is CC(C)(C)C#C/C=C(/C=C/CCl)CCl. The Morgan fingerprint density at radius 3 is 2.36 bits per heavy atom. The molecule has 0 heterocycles. The van der Waals surface area contributed by atoms with Crippen LogP contribution in [0.15, 0.2) is 23.8 Å². The molecule has 0 amide bonds. The zero-order chi connectivity index (χ0) is 11.0. The summed E-state index contributed by atoms with van der Waals surface area (Å²) in [7, 11) is 0. The van der Waals surface area contributed by atoms with Gasteiger partial charge in [-0.15, -0.1) is 23.2 Å². The van der Waals surface area contributed by atoms with Crippen molar-refractivity contribution in [3.8, 4) is 11.8 Å². The Morgan fingerprint density at radius 2 is 1.93 bits per heavy atom. The van der Waals surface area contributed by atoms with Gasteiger partial charge in [-0.3, -0.25) is 0 Å². The molecular weight excluding hydrogens is 215 g/mol. The molecule has 0 fully saturated rings. The highest BCUT2D eigenvalue weighted by molar-refractivity contribution is 6.20. The fourth-order valence-corrected chi connectivity index (χ4v) is 0.928. The summed E-state index contributed by atoms with van der Waals surface area (Å²) in [4.78, 5) is 0. The van der Waals surface area contributed by atoms with E-state index in [0.717, 1.165) is 5.57 Å². The number of halogens is 2. The average molecular weight is 231 g/mol. The number of alkyl halides is 2. The summed E-state index contributed by atoms with van der Waals surface area (Å²) in [6.07, 6.45) is 5.59. The van der Waals surface area contributed by atoms with Gasteiger partial charge >= 0.3 is 0 Å². The molecule has 0 aromatic heterocycles. The van der Waals surface area contributed by atoms with Crippen molar-refractivity contribution in [1.82, 2.24) is 0 Å². The van der Waals surface area contributed by atoms with E-state index in [-0.39, 0.29) is 5.41 Å². The Bertz CT molecular complexity index is 269. The van der Waals surface area contributed by atoms with Gasteiger partial charge in [0.25, 0.3) is 0 Å². The van der Waals surface area contributed by atoms with E-state index in [1.807, 2.05) is 18.2 Å². The molecule has 0 unspecified atom stereocenters. The zero-order valence-corrected chi connectivity index (χ0v) is 10.4. The van der Waals surface area contributed by atoms with Crippen molar-refractivity contribution in [2.45, 2.75) is 20.8 Å². The fraction of sp³-hybridized carbons (Fsp3) is 0.500. The second-order valence-corrected chi connectivity index (χ2v) is 4.50. The average Bonchev–Trinajstić information content (AvgIpc) is 2.09. The van der Waals surface area contributed by atoms with Crippen LogP contribution < -0.4 is 0 Å². The standard InChI is InChI=1S/C12H16Cl2/c1-12(2,3)8-4-6-11(10-14)7-5-9-13/h5-7H,9-10H2,1-3H3/b7-5+,11-6-. The molecule has 0 bridgehead atoms. The van der Waals surface area contributed by atoms with E-state index in [4.69, 9.17) is 23.2 Å². The highest BCUT2D eigenvalue weighted by atomic mass is 35.5. The molecular formula is C12H16Cl2. The first kappa shape index (κ1) is 13.6. The number of rotatable bonds is 3. The third-order valence-electron chi connectivity index (χ3n) is 1.28. The van der Waals surface area contributed by atoms with Crippen LogP contribution in [0.5, 0.6) is 0 Å². The van der Waals surface area contributed by atoms with Crippen LogP contribution in [0.2, 0.25) is 0 Å². The summed E-state index contributed by atoms with van der Waals surface area (Å²) in [6, 6.07) is 0. The topological polar surface area (TPSA) is 0 Å². The van der Waals surface area contributed by atoms with Crippen molar-refractivity contribution >= 4 is 23.2 Å². The lowest BCUT2D eigenvalue weighted by atomic mass is 9.98. The van der Waals surface area contributed by atoms with Gasteiger partial charge in [-0.1, -0.05) is 24.0 Å². The minimum atomic E-state index is 0.0319. The van der Waals surface area contributed by atoms with Crippen LogP contribution in [-0.4, -0.2) is 11.8 Å². The quantitative estimate of drug-likeness (QED) is 0.391. The third kappa shape index (κ3) is 8.23. The summed E-state index contributed by atoms with van der Waals surface area (Å²) in [5, 5.41) is 0. The maximum atomic E-state index is 5.72. The van der Waals surface area contributed by atoms with Gasteiger partial charge < -0.3 is 0 Å². The van der Waals surface area contributed by atoms with Gasteiger partial charge in [-0.05, 0) is 32.4 Å². The number of hydrogen-bond donors (Lipinski definition) is 0. The van der Waals surface area contributed by atoms with Crippen LogP contribution in [0.4, 0.5) is 0 Å². The first-order valence-corrected chi connectivity index (χ1v) is 5.56. The molecule has 2 heteroatoms. The predicted molar refractivity (Wildman–Crippen MR) is 65.9 cm³/mol. The predicted octanol–water partition coefficient (Wildman–Crippen LogP) is 4.00. The molecule has 0 aliphatic rings. The molecule has 0 nitrogen and oxygen atoms in total. The van der Waals surface area contributed by atoms with Crippen molar-refractivity contribution < 1.29 is 0 Å². The van der Waals surface area contributed by atoms with Crippen LogP contribution in [0.25, 0.3) is 0 Å². The largest absolute Gasteiger partial charge is 0.122 e. The summed E-state index contributed by atoms with van der Waals surface area (Å²) in [5.41, 5.74) is 1.02. The highest BCUT2D eigenvalue weighted by Crippen LogP contribution is 2.10. The molecule has 0 spiro atoms. The van der Waals surface area contributed by atoms with Crippen molar-refractivity contribution in [2.75, 3.05) is 11.8 Å². The van der Waals surface area contributed by atoms with Crippen molar-refractivity contribution in [3.05, 3.63) is 23.8 Å². The molecule has 0 saturated heterocycles. The minimum Gasteiger partial charge on any atom is -0.122 e. The van der Waals surface area contributed by atoms with E-state index in [1.54, 1.807) is 0 Å². The molecule has 0 N–H and O–H groups in total. The Kier molecular flexibility index (Phi) is 6.79. The van der Waals surface area contributed by atoms with E-state index in [0.29, 0.717) is 11.8 Å². The van der Waals surface area contributed by atoms with Crippen LogP contribution in [0.3, 0.4) is 0 Å². The van der Waals surface area contributed by atoms with E-state index in [9.17, 15) is 0 Å². The van der Waals surface area contributed by atoms with E-state index >= 15 is 0 Å². The number of hydrogen-bond acceptors (Lipinski definition) is 0. The lowest BCUT2D eigenvalue weighted by Gasteiger charge is -2.06. The Balaban J connectivity index is 4.44. The van der Waals surface area contributed by atoms with Gasteiger partial charge in [0.2, 0.25) is 0 Å². The van der Waals surface area contributed by atoms with Gasteiger partial charge in [0.05, 0.1) is 0 Å². The van der Waals surface area contributed by atoms with E-state index < -0.39 is 0 Å². The lowest BCUT2D eigenvalue weighted by Crippen LogP contribution is -1.98. The summed E-state index contributed by atoms with van der Waals surface area (Å²) in [5.74, 6) is 7.07. The molecule has 0 aliphatic heterocycles. The molecule has 0 saturated carbocycles. The summed E-state index contributed by atoms with van der Waals surface area (Å²) in [6.45, 7) is 6.22. The second-order valence-electron chi connectivity index (χ2n) is 3.93. The second kappa shape index (κ2) is 6.98. The van der Waals surface area contributed by atoms with Crippen molar-refractivity contribution in [2.24, 2.45) is 5.41 Å². The summed E-state index contributed by atoms with van der Waals surface area (Å²) < 4.78 is 0. The van der Waals surface area contributed by atoms with E-state index in [2.05, 4.69) is 32.6 Å². The smallest absolute Gasteiger partial charge is 0.0480 e. The molecule has 0 radical (unpaired) electrons. The highest BCUT2D eigenvalue weighted by Gasteiger charge is 2.02. The molecule has 0 aliphatic carbocycles. The molecule has 0 atom stereocenters. The third-order valence-corrected chi connectivity index (χ3v) is 1.77. The molecule has 78 valence electrons. The van der Waals surface area contributed by atoms with Gasteiger partial charge in [-0.25, -0.2) is 0 Å². The van der Waals surface area contributed by atoms with Crippen LogP contribution in [-0.2, 0) is 0 Å². The van der Waals surface area contributed by atoms with E-state index in [1.165, 1.54) is 0 Å². The van der Waals surface area contributed by atoms with Crippen LogP contribution in [0, 0.1) is 17.3 Å². The maximum Gasteiger partial charge on any atom is 0.0480 e. The molecule has 0 aromatic carbocycles. The first-order valence-electron chi connectivity index (χ1n) is 4.50. The number of allylic oxidation sites excluding steroid dienone is 4. The van der Waals surface area contributed by atoms with Crippen molar-refractivity contribution in [3.63, 3.8) is 0 Å². The van der Waals surface area contributed by atoms with Gasteiger partial charge in [-0.2, -0.15) is 0 Å². The molecule has 0 aromatic rings. The van der Waals surface area contributed by atoms with Gasteiger partial charge in [0, 0.05) is 17.2 Å². The first-order chi connectivity index (χ1) is 6.49. The maximum absolute atomic E-state index is 5.72. The molecule has 0 rings (SSSR count). The minimum absolute atomic E-state index is 0.0319. The summed E-state index contributed by atoms with van der Waals surface area (Å²) >= 11 is 11.2. The Labute approximate surface area is 97.0 Å². The van der Waals surface area contributed by atoms with Gasteiger partial charge in [0.15, 0.2) is 0 Å². The Morgan fingerprint density at radius 1 is 1.29 bits per heavy atom. The van der Waals surface area contributed by atoms with Crippen LogP contribution >= 0.6 is 23.2 Å². The Hall–Kier alpha value is -0.380. The fourth-order valence-electron chi connectivity index (χ4n) is 0.672. The van der Waals surface area contributed by atoms with Gasteiger partial charge in [0.1, 0.15) is 0 Å². The lowest BCUT2D eigenvalue weighted by molar-refractivity contribution is 0.571. The van der Waals surface area contributed by atoms with Crippen LogP contribution in [0.1, 0.15) is 20.8 Å². The monoisotopic (exact) mass is 230 g/mol. The van der Waals surface area contributed by atoms with Crippen molar-refractivity contribution in [1.29, 1.82) is 0 Å².